The number of carbonyl (C=O) groups is 5. The van der Waals surface area contributed by atoms with Gasteiger partial charge in [0.25, 0.3) is 0 Å². The lowest BCUT2D eigenvalue weighted by Crippen LogP contribution is -2.48. The number of hydrogen-bond donors (Lipinski definition) is 2. The summed E-state index contributed by atoms with van der Waals surface area (Å²) in [7, 11) is 0. The minimum absolute atomic E-state index is 0.0387. The van der Waals surface area contributed by atoms with Gasteiger partial charge >= 0.3 is 12.1 Å². The van der Waals surface area contributed by atoms with Gasteiger partial charge < -0.3 is 10.2 Å². The second-order valence-electron chi connectivity index (χ2n) is 13.9. The molecule has 12 nitrogen and oxygen atoms in total. The highest BCUT2D eigenvalue weighted by Gasteiger charge is 2.40. The Morgan fingerprint density at radius 3 is 1.80 bits per heavy atom. The van der Waals surface area contributed by atoms with Gasteiger partial charge in [0.15, 0.2) is 5.65 Å². The number of imide groups is 1. The summed E-state index contributed by atoms with van der Waals surface area (Å²) >= 11 is 0. The number of fused-ring (bicyclic) bond motifs is 2. The number of aryl methyl sites for hydroxylation is 1. The molecule has 12 heteroatoms. The molecule has 0 unspecified atom stereocenters. The minimum atomic E-state index is -1.36. The third kappa shape index (κ3) is 5.47. The Bertz CT molecular complexity index is 1870. The minimum Gasteiger partial charge on any atom is -0.478 e. The topological polar surface area (TPSA) is 165 Å². The van der Waals surface area contributed by atoms with E-state index in [1.54, 1.807) is 69.2 Å². The molecule has 0 aliphatic carbocycles. The Morgan fingerprint density at radius 2 is 1.32 bits per heavy atom. The maximum Gasteiger partial charge on any atom is 0.416 e. The normalized spacial score (nSPS) is 12.5. The third-order valence-corrected chi connectivity index (χ3v) is 7.05. The number of rotatable bonds is 3. The molecule has 0 radical (unpaired) electrons. The Labute approximate surface area is 254 Å². The van der Waals surface area contributed by atoms with Crippen molar-refractivity contribution >= 4 is 57.7 Å². The van der Waals surface area contributed by atoms with Gasteiger partial charge in [-0.25, -0.2) is 33.6 Å². The fraction of sp³-hybridized carbons (Fsp3) is 0.406. The molecule has 4 rings (SSSR count). The van der Waals surface area contributed by atoms with Gasteiger partial charge in [-0.05, 0) is 37.3 Å². The number of aromatic nitrogens is 4. The highest BCUT2D eigenvalue weighted by atomic mass is 16.4. The molecule has 3 aromatic heterocycles. The van der Waals surface area contributed by atoms with Gasteiger partial charge in [0.2, 0.25) is 17.7 Å². The number of carboxylic acid groups (broad SMARTS) is 2. The van der Waals surface area contributed by atoms with Gasteiger partial charge in [0.05, 0.1) is 16.8 Å². The van der Waals surface area contributed by atoms with Crippen molar-refractivity contribution in [2.75, 3.05) is 4.90 Å². The Balaban J connectivity index is 2.22. The molecular weight excluding hydrogens is 566 g/mol. The largest absolute Gasteiger partial charge is 0.478 e. The summed E-state index contributed by atoms with van der Waals surface area (Å²) in [4.78, 5) is 76.0. The average Bonchev–Trinajstić information content (AvgIpc) is 3.42. The molecule has 3 heterocycles. The summed E-state index contributed by atoms with van der Waals surface area (Å²) in [5, 5.41) is 20.2. The standard InChI is InChI=1S/C32H37N5O7/c1-16-33-23-19(21-14-18-13-17(25(38)39)11-12-20(18)36(21)29(43)44)15-22(34-24(23)35(16)26(40)30(2,3)4)37(27(41)31(5,6)7)28(42)32(8,9)10/h11-15H,1-10H3,(H,38,39)(H,43,44). The molecule has 0 fully saturated rings. The number of anilines is 1. The van der Waals surface area contributed by atoms with Crippen LogP contribution in [0.4, 0.5) is 10.6 Å². The van der Waals surface area contributed by atoms with Crippen molar-refractivity contribution in [2.45, 2.75) is 69.2 Å². The molecule has 44 heavy (non-hydrogen) atoms. The van der Waals surface area contributed by atoms with Gasteiger partial charge in [0, 0.05) is 27.2 Å². The molecular formula is C32H37N5O7. The zero-order chi connectivity index (χ0) is 33.3. The first-order valence-corrected chi connectivity index (χ1v) is 14.0. The summed E-state index contributed by atoms with van der Waals surface area (Å²) in [5.41, 5.74) is -2.27. The number of pyridine rings is 1. The van der Waals surface area contributed by atoms with Crippen molar-refractivity contribution in [3.8, 4) is 11.3 Å². The van der Waals surface area contributed by atoms with Crippen LogP contribution in [0.3, 0.4) is 0 Å². The maximum absolute atomic E-state index is 13.9. The lowest BCUT2D eigenvalue weighted by atomic mass is 9.90. The second kappa shape index (κ2) is 10.4. The van der Waals surface area contributed by atoms with Crippen LogP contribution in [0.15, 0.2) is 30.3 Å². The number of imidazole rings is 1. The van der Waals surface area contributed by atoms with E-state index >= 15 is 0 Å². The molecule has 0 bridgehead atoms. The van der Waals surface area contributed by atoms with Gasteiger partial charge in [0.1, 0.15) is 17.2 Å². The number of carbonyl (C=O) groups excluding carboxylic acids is 3. The Kier molecular flexibility index (Phi) is 7.57. The molecule has 0 saturated carbocycles. The lowest BCUT2D eigenvalue weighted by molar-refractivity contribution is -0.134. The summed E-state index contributed by atoms with van der Waals surface area (Å²) in [6.07, 6.45) is -1.36. The summed E-state index contributed by atoms with van der Waals surface area (Å²) < 4.78 is 2.28. The molecule has 0 aliphatic heterocycles. The van der Waals surface area contributed by atoms with Gasteiger partial charge in [-0.15, -0.1) is 0 Å². The van der Waals surface area contributed by atoms with Crippen molar-refractivity contribution in [3.05, 3.63) is 41.7 Å². The van der Waals surface area contributed by atoms with E-state index in [0.717, 1.165) is 9.47 Å². The Hall–Kier alpha value is -4.87. The van der Waals surface area contributed by atoms with E-state index in [2.05, 4.69) is 9.97 Å². The number of benzene rings is 1. The number of carboxylic acids is 1. The molecule has 0 saturated heterocycles. The maximum atomic E-state index is 13.9. The lowest BCUT2D eigenvalue weighted by Gasteiger charge is -2.32. The highest BCUT2D eigenvalue weighted by molar-refractivity contribution is 6.18. The van der Waals surface area contributed by atoms with Crippen LogP contribution >= 0.6 is 0 Å². The summed E-state index contributed by atoms with van der Waals surface area (Å²) in [6, 6.07) is 6.95. The fourth-order valence-electron chi connectivity index (χ4n) is 4.76. The first-order chi connectivity index (χ1) is 20.1. The number of nitrogens with zero attached hydrogens (tertiary/aromatic N) is 5. The van der Waals surface area contributed by atoms with E-state index in [4.69, 9.17) is 0 Å². The van der Waals surface area contributed by atoms with Crippen LogP contribution in [0, 0.1) is 23.2 Å². The first kappa shape index (κ1) is 32.1. The van der Waals surface area contributed by atoms with Gasteiger partial charge in [-0.1, -0.05) is 62.3 Å². The average molecular weight is 604 g/mol. The van der Waals surface area contributed by atoms with Crippen molar-refractivity contribution in [2.24, 2.45) is 16.2 Å². The second-order valence-corrected chi connectivity index (χ2v) is 13.9. The van der Waals surface area contributed by atoms with Crippen molar-refractivity contribution in [3.63, 3.8) is 0 Å². The van der Waals surface area contributed by atoms with Crippen LogP contribution in [0.1, 0.15) is 83.3 Å². The van der Waals surface area contributed by atoms with E-state index < -0.39 is 40.1 Å². The molecule has 0 spiro atoms. The SMILES string of the molecule is Cc1nc2c(-c3cc4cc(C(=O)O)ccc4n3C(=O)O)cc(N(C(=O)C(C)(C)C)C(=O)C(C)(C)C)nc2n1C(=O)C(C)(C)C. The third-order valence-electron chi connectivity index (χ3n) is 7.05. The molecule has 2 amide bonds. The summed E-state index contributed by atoms with van der Waals surface area (Å²) in [6.45, 7) is 16.8. The first-order valence-electron chi connectivity index (χ1n) is 14.0. The molecule has 232 valence electrons. The molecule has 1 aromatic carbocycles. The van der Waals surface area contributed by atoms with Crippen molar-refractivity contribution in [1.29, 1.82) is 0 Å². The smallest absolute Gasteiger partial charge is 0.416 e. The van der Waals surface area contributed by atoms with Crippen molar-refractivity contribution in [1.82, 2.24) is 19.1 Å². The highest BCUT2D eigenvalue weighted by Crippen LogP contribution is 2.38. The quantitative estimate of drug-likeness (QED) is 0.276. The van der Waals surface area contributed by atoms with E-state index in [1.807, 2.05) is 0 Å². The Morgan fingerprint density at radius 1 is 0.750 bits per heavy atom. The van der Waals surface area contributed by atoms with Crippen LogP contribution < -0.4 is 4.90 Å². The zero-order valence-corrected chi connectivity index (χ0v) is 26.6. The number of amides is 2. The predicted octanol–water partition coefficient (Wildman–Crippen LogP) is 6.22. The number of hydrogen-bond acceptors (Lipinski definition) is 7. The van der Waals surface area contributed by atoms with Crippen LogP contribution in [0.2, 0.25) is 0 Å². The van der Waals surface area contributed by atoms with E-state index in [1.165, 1.54) is 34.9 Å². The van der Waals surface area contributed by atoms with Crippen LogP contribution in [0.5, 0.6) is 0 Å². The van der Waals surface area contributed by atoms with E-state index in [0.29, 0.717) is 5.39 Å². The van der Waals surface area contributed by atoms with Crippen LogP contribution in [-0.4, -0.2) is 59.1 Å². The molecule has 4 aromatic rings. The predicted molar refractivity (Wildman–Crippen MR) is 165 cm³/mol. The summed E-state index contributed by atoms with van der Waals surface area (Å²) in [5.74, 6) is -2.47. The van der Waals surface area contributed by atoms with Gasteiger partial charge in [-0.2, -0.15) is 0 Å². The fourth-order valence-corrected chi connectivity index (χ4v) is 4.76. The monoisotopic (exact) mass is 603 g/mol. The van der Waals surface area contributed by atoms with Crippen LogP contribution in [-0.2, 0) is 9.59 Å². The number of aromatic carboxylic acids is 1. The van der Waals surface area contributed by atoms with E-state index in [9.17, 15) is 34.2 Å². The molecule has 0 aliphatic rings. The zero-order valence-electron chi connectivity index (χ0n) is 26.6. The van der Waals surface area contributed by atoms with Crippen molar-refractivity contribution < 1.29 is 34.2 Å². The van der Waals surface area contributed by atoms with E-state index in [-0.39, 0.29) is 51.1 Å². The van der Waals surface area contributed by atoms with Gasteiger partial charge in [-0.3, -0.25) is 14.4 Å². The molecule has 0 atom stereocenters. The molecule has 2 N–H and O–H groups in total. The van der Waals surface area contributed by atoms with Crippen LogP contribution in [0.25, 0.3) is 33.3 Å².